The normalized spacial score (nSPS) is 15.6. The monoisotopic (exact) mass is 362 g/mol. The summed E-state index contributed by atoms with van der Waals surface area (Å²) in [6.45, 7) is 5.92. The zero-order valence-corrected chi connectivity index (χ0v) is 15.5. The van der Waals surface area contributed by atoms with Gasteiger partial charge in [-0.15, -0.1) is 0 Å². The molecule has 3 heterocycles. The van der Waals surface area contributed by atoms with Crippen LogP contribution in [0.5, 0.6) is 5.75 Å². The highest BCUT2D eigenvalue weighted by atomic mass is 16.3. The Hall–Kier alpha value is -3.15. The van der Waals surface area contributed by atoms with Crippen LogP contribution in [0.2, 0.25) is 0 Å². The number of hydrogen-bond acceptors (Lipinski definition) is 4. The van der Waals surface area contributed by atoms with Gasteiger partial charge >= 0.3 is 6.03 Å². The summed E-state index contributed by atoms with van der Waals surface area (Å²) in [6, 6.07) is 9.12. The van der Waals surface area contributed by atoms with Crippen molar-refractivity contribution in [3.63, 3.8) is 0 Å². The molecule has 1 N–H and O–H groups in total. The molecule has 6 nitrogen and oxygen atoms in total. The van der Waals surface area contributed by atoms with Crippen LogP contribution in [-0.2, 0) is 0 Å². The third-order valence-electron chi connectivity index (χ3n) is 5.22. The minimum absolute atomic E-state index is 0.0236. The lowest BCUT2D eigenvalue weighted by Gasteiger charge is -2.29. The second kappa shape index (κ2) is 6.87. The zero-order chi connectivity index (χ0) is 19.0. The van der Waals surface area contributed by atoms with Gasteiger partial charge in [-0.1, -0.05) is 12.1 Å². The third kappa shape index (κ3) is 2.87. The molecule has 1 unspecified atom stereocenters. The first-order valence-corrected chi connectivity index (χ1v) is 9.14. The predicted octanol–water partition coefficient (Wildman–Crippen LogP) is 3.49. The number of phenols is 1. The Kier molecular flexibility index (Phi) is 4.39. The first-order chi connectivity index (χ1) is 13.1. The lowest BCUT2D eigenvalue weighted by molar-refractivity contribution is 0.184. The maximum Gasteiger partial charge on any atom is 0.320 e. The van der Waals surface area contributed by atoms with Crippen LogP contribution in [0.25, 0.3) is 10.9 Å². The second-order valence-electron chi connectivity index (χ2n) is 6.78. The summed E-state index contributed by atoms with van der Waals surface area (Å²) in [6.07, 6.45) is 5.13. The van der Waals surface area contributed by atoms with Gasteiger partial charge in [-0.3, -0.25) is 9.97 Å². The van der Waals surface area contributed by atoms with Crippen molar-refractivity contribution in [2.45, 2.75) is 19.9 Å². The number of fused-ring (bicyclic) bond motifs is 1. The Bertz CT molecular complexity index is 990. The summed E-state index contributed by atoms with van der Waals surface area (Å²) in [5.41, 5.74) is 3.12. The van der Waals surface area contributed by atoms with Crippen molar-refractivity contribution >= 4 is 16.9 Å². The average molecular weight is 362 g/mol. The Labute approximate surface area is 158 Å². The highest BCUT2D eigenvalue weighted by Gasteiger charge is 2.36. The summed E-state index contributed by atoms with van der Waals surface area (Å²) in [5, 5.41) is 11.9. The molecular weight excluding hydrogens is 340 g/mol. The predicted molar refractivity (Wildman–Crippen MR) is 104 cm³/mol. The molecule has 0 spiro atoms. The fourth-order valence-electron chi connectivity index (χ4n) is 3.84. The Morgan fingerprint density at radius 2 is 2.04 bits per heavy atom. The van der Waals surface area contributed by atoms with Crippen LogP contribution in [-0.4, -0.2) is 50.5 Å². The van der Waals surface area contributed by atoms with Crippen LogP contribution < -0.4 is 0 Å². The number of carbonyl (C=O) groups excluding carboxylic acids is 1. The number of benzene rings is 1. The number of aromatic hydroxyl groups is 1. The minimum Gasteiger partial charge on any atom is -0.505 e. The van der Waals surface area contributed by atoms with Crippen molar-refractivity contribution < 1.29 is 9.90 Å². The summed E-state index contributed by atoms with van der Waals surface area (Å²) in [5.74, 6) is 0.118. The molecule has 2 amide bonds. The van der Waals surface area contributed by atoms with Crippen molar-refractivity contribution in [1.82, 2.24) is 19.8 Å². The van der Waals surface area contributed by atoms with Gasteiger partial charge in [-0.05, 0) is 43.2 Å². The molecule has 0 saturated carbocycles. The fraction of sp³-hybridized carbons (Fsp3) is 0.286. The molecule has 1 aliphatic heterocycles. The van der Waals surface area contributed by atoms with Gasteiger partial charge in [0, 0.05) is 49.2 Å². The molecule has 1 fully saturated rings. The average Bonchev–Trinajstić information content (AvgIpc) is 3.07. The SMILES string of the molecule is CCN1CCN(C(c2cccnc2)c2cc(C)c3cccnc3c2O)C1=O. The molecule has 1 aliphatic rings. The molecule has 2 aromatic heterocycles. The summed E-state index contributed by atoms with van der Waals surface area (Å²) < 4.78 is 0. The largest absolute Gasteiger partial charge is 0.505 e. The maximum absolute atomic E-state index is 12.9. The van der Waals surface area contributed by atoms with E-state index in [1.807, 2.05) is 54.0 Å². The molecule has 27 heavy (non-hydrogen) atoms. The standard InChI is InChI=1S/C21H22N4O2/c1-3-24-10-11-25(21(24)27)19(15-6-4-8-22-13-15)17-12-14(2)16-7-5-9-23-18(16)20(17)26/h4-9,12-13,19,26H,3,10-11H2,1-2H3. The Morgan fingerprint density at radius 3 is 2.74 bits per heavy atom. The van der Waals surface area contributed by atoms with E-state index in [2.05, 4.69) is 9.97 Å². The molecule has 4 rings (SSSR count). The van der Waals surface area contributed by atoms with E-state index in [-0.39, 0.29) is 11.8 Å². The van der Waals surface area contributed by atoms with Gasteiger partial charge in [0.05, 0.1) is 6.04 Å². The van der Waals surface area contributed by atoms with Crippen molar-refractivity contribution in [2.24, 2.45) is 0 Å². The van der Waals surface area contributed by atoms with Crippen LogP contribution in [0.4, 0.5) is 4.79 Å². The van der Waals surface area contributed by atoms with Gasteiger partial charge in [0.15, 0.2) is 0 Å². The number of phenolic OH excluding ortho intramolecular Hbond substituents is 1. The van der Waals surface area contributed by atoms with Crippen LogP contribution >= 0.6 is 0 Å². The number of nitrogens with zero attached hydrogens (tertiary/aromatic N) is 4. The number of aryl methyl sites for hydroxylation is 1. The van der Waals surface area contributed by atoms with Crippen molar-refractivity contribution in [1.29, 1.82) is 0 Å². The smallest absolute Gasteiger partial charge is 0.320 e. The van der Waals surface area contributed by atoms with Gasteiger partial charge < -0.3 is 14.9 Å². The first-order valence-electron chi connectivity index (χ1n) is 9.14. The number of pyridine rings is 2. The molecule has 0 aliphatic carbocycles. The number of aromatic nitrogens is 2. The van der Waals surface area contributed by atoms with Crippen molar-refractivity contribution in [3.8, 4) is 5.75 Å². The number of likely N-dealkylation sites (N-methyl/N-ethyl adjacent to an activating group) is 1. The van der Waals surface area contributed by atoms with Crippen LogP contribution in [0.3, 0.4) is 0 Å². The van der Waals surface area contributed by atoms with E-state index in [4.69, 9.17) is 0 Å². The van der Waals surface area contributed by atoms with E-state index >= 15 is 0 Å². The molecule has 6 heteroatoms. The van der Waals surface area contributed by atoms with E-state index in [0.717, 1.165) is 16.5 Å². The Morgan fingerprint density at radius 1 is 1.22 bits per heavy atom. The van der Waals surface area contributed by atoms with Crippen LogP contribution in [0.15, 0.2) is 48.9 Å². The van der Waals surface area contributed by atoms with Crippen molar-refractivity contribution in [2.75, 3.05) is 19.6 Å². The van der Waals surface area contributed by atoms with Gasteiger partial charge in [-0.25, -0.2) is 4.79 Å². The molecule has 1 saturated heterocycles. The third-order valence-corrected chi connectivity index (χ3v) is 5.22. The molecule has 138 valence electrons. The van der Waals surface area contributed by atoms with E-state index in [9.17, 15) is 9.90 Å². The summed E-state index contributed by atoms with van der Waals surface area (Å²) in [7, 11) is 0. The van der Waals surface area contributed by atoms with E-state index in [0.29, 0.717) is 30.7 Å². The molecule has 3 aromatic rings. The molecule has 1 atom stereocenters. The Balaban J connectivity index is 1.91. The number of hydrogen-bond donors (Lipinski definition) is 1. The highest BCUT2D eigenvalue weighted by molar-refractivity contribution is 5.89. The summed E-state index contributed by atoms with van der Waals surface area (Å²) in [4.78, 5) is 25.1. The van der Waals surface area contributed by atoms with Gasteiger partial charge in [0.2, 0.25) is 0 Å². The topological polar surface area (TPSA) is 69.6 Å². The zero-order valence-electron chi connectivity index (χ0n) is 15.5. The second-order valence-corrected chi connectivity index (χ2v) is 6.78. The van der Waals surface area contributed by atoms with Gasteiger partial charge in [0.25, 0.3) is 0 Å². The molecule has 0 bridgehead atoms. The number of carbonyl (C=O) groups is 1. The summed E-state index contributed by atoms with van der Waals surface area (Å²) >= 11 is 0. The number of rotatable bonds is 4. The number of urea groups is 1. The van der Waals surface area contributed by atoms with Crippen molar-refractivity contribution in [3.05, 3.63) is 65.6 Å². The lowest BCUT2D eigenvalue weighted by Crippen LogP contribution is -2.35. The van der Waals surface area contributed by atoms with Crippen LogP contribution in [0, 0.1) is 6.92 Å². The van der Waals surface area contributed by atoms with Crippen LogP contribution in [0.1, 0.15) is 29.7 Å². The van der Waals surface area contributed by atoms with Gasteiger partial charge in [-0.2, -0.15) is 0 Å². The molecule has 1 aromatic carbocycles. The van der Waals surface area contributed by atoms with E-state index < -0.39 is 6.04 Å². The molecule has 0 radical (unpaired) electrons. The fourth-order valence-corrected chi connectivity index (χ4v) is 3.84. The van der Waals surface area contributed by atoms with E-state index in [1.165, 1.54) is 0 Å². The lowest BCUT2D eigenvalue weighted by atomic mass is 9.94. The first kappa shape index (κ1) is 17.3. The van der Waals surface area contributed by atoms with E-state index in [1.54, 1.807) is 18.6 Å². The molecular formula is C21H22N4O2. The maximum atomic E-state index is 12.9. The quantitative estimate of drug-likeness (QED) is 0.771. The minimum atomic E-state index is -0.409. The highest BCUT2D eigenvalue weighted by Crippen LogP contribution is 2.40. The number of amides is 2. The van der Waals surface area contributed by atoms with Gasteiger partial charge in [0.1, 0.15) is 11.3 Å².